The quantitative estimate of drug-likeness (QED) is 0.0713. The van der Waals surface area contributed by atoms with Crippen LogP contribution in [0.5, 0.6) is 0 Å². The number of allylic oxidation sites excluding steroid dienone is 1. The van der Waals surface area contributed by atoms with Gasteiger partial charge in [0.25, 0.3) is 0 Å². The third-order valence-corrected chi connectivity index (χ3v) is 8.43. The maximum absolute atomic E-state index is 13.4. The fourth-order valence-corrected chi connectivity index (χ4v) is 5.67. The topological polar surface area (TPSA) is 175 Å². The van der Waals surface area contributed by atoms with Gasteiger partial charge < -0.3 is 49.6 Å². The van der Waals surface area contributed by atoms with Crippen LogP contribution in [0.4, 0.5) is 0 Å². The van der Waals surface area contributed by atoms with E-state index in [2.05, 4.69) is 6.92 Å². The van der Waals surface area contributed by atoms with Crippen molar-refractivity contribution in [2.45, 2.75) is 179 Å². The van der Waals surface area contributed by atoms with Gasteiger partial charge in [0.15, 0.2) is 18.7 Å². The predicted molar refractivity (Wildman–Crippen MR) is 160 cm³/mol. The Morgan fingerprint density at radius 2 is 1.40 bits per heavy atom. The minimum absolute atomic E-state index is 0.269. The van der Waals surface area contributed by atoms with E-state index in [0.717, 1.165) is 64.2 Å². The van der Waals surface area contributed by atoms with Crippen LogP contribution in [0.2, 0.25) is 0 Å². The zero-order chi connectivity index (χ0) is 31.9. The molecule has 11 heteroatoms. The second kappa shape index (κ2) is 20.1. The van der Waals surface area contributed by atoms with E-state index >= 15 is 0 Å². The molecule has 2 saturated heterocycles. The Morgan fingerprint density at radius 1 is 0.767 bits per heavy atom. The molecule has 0 aromatic carbocycles. The van der Waals surface area contributed by atoms with Gasteiger partial charge in [-0.05, 0) is 45.4 Å². The van der Waals surface area contributed by atoms with Crippen molar-refractivity contribution in [1.29, 1.82) is 0 Å². The molecule has 0 aliphatic carbocycles. The summed E-state index contributed by atoms with van der Waals surface area (Å²) in [4.78, 5) is 13.4. The Balaban J connectivity index is 2.01. The van der Waals surface area contributed by atoms with Gasteiger partial charge in [0.1, 0.15) is 36.6 Å². The number of esters is 1. The third-order valence-electron chi connectivity index (χ3n) is 8.43. The molecule has 2 rings (SSSR count). The molecule has 0 amide bonds. The number of ether oxygens (including phenoxy) is 4. The number of hydrogen-bond acceptors (Lipinski definition) is 11. The van der Waals surface area contributed by atoms with Crippen molar-refractivity contribution in [3.05, 3.63) is 12.2 Å². The molecule has 0 aromatic heterocycles. The van der Waals surface area contributed by atoms with Crippen LogP contribution < -0.4 is 0 Å². The lowest BCUT2D eigenvalue weighted by molar-refractivity contribution is -0.359. The number of carbonyl (C=O) groups excluding carboxylic acids is 1. The first kappa shape index (κ1) is 38.0. The second-order valence-corrected chi connectivity index (χ2v) is 12.1. The van der Waals surface area contributed by atoms with Crippen LogP contribution in [0.3, 0.4) is 0 Å². The summed E-state index contributed by atoms with van der Waals surface area (Å²) in [7, 11) is 0. The lowest BCUT2D eigenvalue weighted by Gasteiger charge is -2.46. The molecule has 2 heterocycles. The van der Waals surface area contributed by atoms with Crippen molar-refractivity contribution in [3.8, 4) is 0 Å². The van der Waals surface area contributed by atoms with Gasteiger partial charge in [0.2, 0.25) is 0 Å². The van der Waals surface area contributed by atoms with Gasteiger partial charge in [-0.3, -0.25) is 4.79 Å². The van der Waals surface area contributed by atoms with Crippen LogP contribution in [0.25, 0.3) is 0 Å². The van der Waals surface area contributed by atoms with E-state index in [4.69, 9.17) is 18.9 Å². The van der Waals surface area contributed by atoms with Gasteiger partial charge in [0.05, 0.1) is 18.1 Å². The molecule has 6 N–H and O–H groups in total. The molecular formula is C32H58O11. The molecule has 0 radical (unpaired) electrons. The van der Waals surface area contributed by atoms with E-state index in [9.17, 15) is 35.4 Å². The standard InChI is InChI=1S/C32H58O11/c1-5-8-9-15-18-21(19-16-13-11-10-12-14-17-20(4)33)30(38)42-28-23(7-3)41-32(27(37)26(28)36)43-29-25(35)24(34)22(6-2)40-31(29)39/h16,19-29,31-37,39H,5-15,17-18H2,1-4H3/b19-16-/t20?,21?,22?,23?,24-,25+,26-,27?,28-,29?,31+,32+/m1/s1. The van der Waals surface area contributed by atoms with Crippen molar-refractivity contribution in [2.75, 3.05) is 0 Å². The van der Waals surface area contributed by atoms with Gasteiger partial charge in [-0.1, -0.05) is 77.9 Å². The Bertz CT molecular complexity index is 791. The van der Waals surface area contributed by atoms with Gasteiger partial charge in [-0.25, -0.2) is 0 Å². The highest BCUT2D eigenvalue weighted by atomic mass is 16.7. The van der Waals surface area contributed by atoms with Crippen molar-refractivity contribution in [3.63, 3.8) is 0 Å². The molecule has 0 bridgehead atoms. The lowest BCUT2D eigenvalue weighted by Crippen LogP contribution is -2.64. The molecular weight excluding hydrogens is 560 g/mol. The fourth-order valence-electron chi connectivity index (χ4n) is 5.67. The third kappa shape index (κ3) is 11.9. The van der Waals surface area contributed by atoms with E-state index < -0.39 is 73.3 Å². The van der Waals surface area contributed by atoms with Crippen molar-refractivity contribution in [2.24, 2.45) is 5.92 Å². The molecule has 6 unspecified atom stereocenters. The predicted octanol–water partition coefficient (Wildman–Crippen LogP) is 2.85. The summed E-state index contributed by atoms with van der Waals surface area (Å²) >= 11 is 0. The maximum atomic E-state index is 13.4. The van der Waals surface area contributed by atoms with Crippen LogP contribution in [0.1, 0.15) is 111 Å². The summed E-state index contributed by atoms with van der Waals surface area (Å²) in [6, 6.07) is 0. The molecule has 252 valence electrons. The fraction of sp³-hybridized carbons (Fsp3) is 0.906. The van der Waals surface area contributed by atoms with Crippen molar-refractivity contribution < 1.29 is 54.4 Å². The summed E-state index contributed by atoms with van der Waals surface area (Å²) in [5.41, 5.74) is 0. The van der Waals surface area contributed by atoms with E-state index in [-0.39, 0.29) is 6.10 Å². The zero-order valence-electron chi connectivity index (χ0n) is 26.5. The minimum Gasteiger partial charge on any atom is -0.456 e. The second-order valence-electron chi connectivity index (χ2n) is 12.1. The van der Waals surface area contributed by atoms with Gasteiger partial charge >= 0.3 is 5.97 Å². The number of unbranched alkanes of at least 4 members (excludes halogenated alkanes) is 7. The van der Waals surface area contributed by atoms with E-state index in [1.54, 1.807) is 20.8 Å². The van der Waals surface area contributed by atoms with Crippen LogP contribution in [-0.4, -0.2) is 104 Å². The molecule has 2 aliphatic rings. The smallest absolute Gasteiger partial charge is 0.313 e. The summed E-state index contributed by atoms with van der Waals surface area (Å²) in [5, 5.41) is 62.4. The lowest BCUT2D eigenvalue weighted by atomic mass is 9.95. The molecule has 0 saturated carbocycles. The number of carbonyl (C=O) groups is 1. The minimum atomic E-state index is -1.66. The van der Waals surface area contributed by atoms with E-state index in [0.29, 0.717) is 19.3 Å². The SMILES string of the molecule is CCCCCCC(/C=C\CCCCCCC(C)O)C(=O)O[C@@H]1C(CC)O[C@@H](OC2[C@@H](O)[C@H](O)C(CC)O[C@@H]2O)C(O)[C@H]1O. The average Bonchev–Trinajstić information content (AvgIpc) is 2.98. The zero-order valence-corrected chi connectivity index (χ0v) is 26.5. The Labute approximate surface area is 257 Å². The number of aliphatic hydroxyl groups excluding tert-OH is 6. The first-order valence-electron chi connectivity index (χ1n) is 16.5. The number of hydrogen-bond donors (Lipinski definition) is 6. The molecule has 11 nitrogen and oxygen atoms in total. The van der Waals surface area contributed by atoms with Crippen molar-refractivity contribution >= 4 is 5.97 Å². The monoisotopic (exact) mass is 618 g/mol. The van der Waals surface area contributed by atoms with Gasteiger partial charge in [-0.2, -0.15) is 0 Å². The van der Waals surface area contributed by atoms with Crippen LogP contribution in [-0.2, 0) is 23.7 Å². The summed E-state index contributed by atoms with van der Waals surface area (Å²) < 4.78 is 22.6. The highest BCUT2D eigenvalue weighted by molar-refractivity contribution is 5.74. The van der Waals surface area contributed by atoms with Crippen LogP contribution in [0.15, 0.2) is 12.2 Å². The highest BCUT2D eigenvalue weighted by Gasteiger charge is 2.51. The van der Waals surface area contributed by atoms with E-state index in [1.165, 1.54) is 0 Å². The number of rotatable bonds is 19. The van der Waals surface area contributed by atoms with Crippen LogP contribution >= 0.6 is 0 Å². The highest BCUT2D eigenvalue weighted by Crippen LogP contribution is 2.31. The summed E-state index contributed by atoms with van der Waals surface area (Å²) in [5.74, 6) is -0.997. The van der Waals surface area contributed by atoms with Crippen LogP contribution in [0, 0.1) is 5.92 Å². The maximum Gasteiger partial charge on any atom is 0.313 e. The Kier molecular flexibility index (Phi) is 17.8. The van der Waals surface area contributed by atoms with Crippen molar-refractivity contribution in [1.82, 2.24) is 0 Å². The first-order chi connectivity index (χ1) is 20.5. The average molecular weight is 619 g/mol. The molecule has 0 spiro atoms. The van der Waals surface area contributed by atoms with Gasteiger partial charge in [-0.15, -0.1) is 0 Å². The largest absolute Gasteiger partial charge is 0.456 e. The first-order valence-corrected chi connectivity index (χ1v) is 16.5. The molecule has 2 fully saturated rings. The summed E-state index contributed by atoms with van der Waals surface area (Å²) in [6.07, 6.45) is 1.31. The van der Waals surface area contributed by atoms with Gasteiger partial charge in [0, 0.05) is 0 Å². The molecule has 43 heavy (non-hydrogen) atoms. The summed E-state index contributed by atoms with van der Waals surface area (Å²) in [6.45, 7) is 7.44. The molecule has 12 atom stereocenters. The molecule has 2 aliphatic heterocycles. The van der Waals surface area contributed by atoms with E-state index in [1.807, 2.05) is 12.2 Å². The normalized spacial score (nSPS) is 34.7. The Hall–Kier alpha value is -1.15. The Morgan fingerprint density at radius 3 is 2.05 bits per heavy atom. The number of aliphatic hydroxyl groups is 6. The molecule has 0 aromatic rings.